The van der Waals surface area contributed by atoms with Gasteiger partial charge in [-0.3, -0.25) is 4.79 Å². The molecule has 1 amide bonds. The van der Waals surface area contributed by atoms with Crippen molar-refractivity contribution in [2.24, 2.45) is 5.92 Å². The van der Waals surface area contributed by atoms with Gasteiger partial charge < -0.3 is 9.64 Å². The molecule has 1 aliphatic rings. The quantitative estimate of drug-likeness (QED) is 0.684. The Hall–Kier alpha value is -3.15. The van der Waals surface area contributed by atoms with Crippen LogP contribution in [0.25, 0.3) is 5.69 Å². The van der Waals surface area contributed by atoms with Crippen LogP contribution in [0.5, 0.6) is 5.88 Å². The lowest BCUT2D eigenvalue weighted by Crippen LogP contribution is -2.39. The summed E-state index contributed by atoms with van der Waals surface area (Å²) in [6, 6.07) is 13.4. The lowest BCUT2D eigenvalue weighted by Gasteiger charge is -2.32. The highest BCUT2D eigenvalue weighted by Crippen LogP contribution is 2.22. The van der Waals surface area contributed by atoms with Gasteiger partial charge in [0.05, 0.1) is 12.3 Å². The van der Waals surface area contributed by atoms with Crippen LogP contribution in [0, 0.1) is 12.8 Å². The summed E-state index contributed by atoms with van der Waals surface area (Å²) in [5, 5.41) is 4.23. The molecule has 0 unspecified atom stereocenters. The molecule has 2 aromatic heterocycles. The van der Waals surface area contributed by atoms with Gasteiger partial charge in [0.2, 0.25) is 5.88 Å². The van der Waals surface area contributed by atoms with Crippen molar-refractivity contribution < 1.29 is 9.53 Å². The Bertz CT molecular complexity index is 931. The maximum absolute atomic E-state index is 12.9. The summed E-state index contributed by atoms with van der Waals surface area (Å²) < 4.78 is 7.65. The Balaban J connectivity index is 1.33. The van der Waals surface area contributed by atoms with Crippen molar-refractivity contribution in [2.45, 2.75) is 19.8 Å². The number of pyridine rings is 1. The molecule has 144 valence electrons. The number of aromatic nitrogens is 3. The number of nitrogens with zero attached hydrogens (tertiary/aromatic N) is 4. The van der Waals surface area contributed by atoms with Crippen molar-refractivity contribution in [3.8, 4) is 11.6 Å². The van der Waals surface area contributed by atoms with Gasteiger partial charge in [-0.05, 0) is 56.0 Å². The SMILES string of the molecule is Cc1cccnc1OCC1CCN(C(=O)c2cccc(-n3cccn3)c2)CC1. The molecule has 0 atom stereocenters. The van der Waals surface area contributed by atoms with Crippen LogP contribution in [0.1, 0.15) is 28.8 Å². The summed E-state index contributed by atoms with van der Waals surface area (Å²) in [6.07, 6.45) is 7.24. The van der Waals surface area contributed by atoms with E-state index in [0.717, 1.165) is 37.2 Å². The second-order valence-corrected chi connectivity index (χ2v) is 7.17. The average molecular weight is 376 g/mol. The van der Waals surface area contributed by atoms with Crippen LogP contribution in [0.3, 0.4) is 0 Å². The highest BCUT2D eigenvalue weighted by atomic mass is 16.5. The molecule has 0 radical (unpaired) electrons. The molecule has 1 fully saturated rings. The molecule has 0 saturated carbocycles. The fourth-order valence-electron chi connectivity index (χ4n) is 3.51. The van der Waals surface area contributed by atoms with E-state index in [2.05, 4.69) is 10.1 Å². The number of benzene rings is 1. The van der Waals surface area contributed by atoms with Gasteiger partial charge in [-0.1, -0.05) is 12.1 Å². The zero-order chi connectivity index (χ0) is 19.3. The summed E-state index contributed by atoms with van der Waals surface area (Å²) in [5.74, 6) is 1.23. The van der Waals surface area contributed by atoms with Gasteiger partial charge in [-0.15, -0.1) is 0 Å². The minimum atomic E-state index is 0.0777. The molecule has 4 rings (SSSR count). The monoisotopic (exact) mass is 376 g/mol. The number of carbonyl (C=O) groups excluding carboxylic acids is 1. The Morgan fingerprint density at radius 1 is 1.14 bits per heavy atom. The summed E-state index contributed by atoms with van der Waals surface area (Å²) in [6.45, 7) is 4.15. The van der Waals surface area contributed by atoms with E-state index in [1.807, 2.05) is 60.5 Å². The largest absolute Gasteiger partial charge is 0.477 e. The van der Waals surface area contributed by atoms with E-state index in [9.17, 15) is 4.79 Å². The molecule has 1 saturated heterocycles. The van der Waals surface area contributed by atoms with Crippen molar-refractivity contribution >= 4 is 5.91 Å². The first-order chi connectivity index (χ1) is 13.7. The molecule has 1 aliphatic heterocycles. The van der Waals surface area contributed by atoms with E-state index in [-0.39, 0.29) is 5.91 Å². The number of hydrogen-bond donors (Lipinski definition) is 0. The molecule has 0 N–H and O–H groups in total. The summed E-state index contributed by atoms with van der Waals surface area (Å²) in [7, 11) is 0. The molecule has 3 heterocycles. The fraction of sp³-hybridized carbons (Fsp3) is 0.318. The predicted octanol–water partition coefficient (Wildman–Crippen LogP) is 3.51. The minimum Gasteiger partial charge on any atom is -0.477 e. The van der Waals surface area contributed by atoms with Crippen LogP contribution >= 0.6 is 0 Å². The van der Waals surface area contributed by atoms with Crippen molar-refractivity contribution in [2.75, 3.05) is 19.7 Å². The van der Waals surface area contributed by atoms with Gasteiger partial charge in [0.1, 0.15) is 0 Å². The van der Waals surface area contributed by atoms with Gasteiger partial charge in [-0.25, -0.2) is 9.67 Å². The molecule has 3 aromatic rings. The van der Waals surface area contributed by atoms with E-state index in [1.54, 1.807) is 17.1 Å². The number of rotatable bonds is 5. The third kappa shape index (κ3) is 4.06. The molecule has 0 aliphatic carbocycles. The Kier molecular flexibility index (Phi) is 5.37. The Labute approximate surface area is 164 Å². The number of amides is 1. The lowest BCUT2D eigenvalue weighted by molar-refractivity contribution is 0.0659. The standard InChI is InChI=1S/C22H24N4O2/c1-17-5-3-10-23-21(17)28-16-18-8-13-25(14-9-18)22(27)19-6-2-7-20(15-19)26-12-4-11-24-26/h2-7,10-12,15,18H,8-9,13-14,16H2,1H3. The van der Waals surface area contributed by atoms with Crippen LogP contribution in [-0.4, -0.2) is 45.3 Å². The van der Waals surface area contributed by atoms with E-state index >= 15 is 0 Å². The predicted molar refractivity (Wildman–Crippen MR) is 107 cm³/mol. The number of likely N-dealkylation sites (tertiary alicyclic amines) is 1. The molecule has 6 nitrogen and oxygen atoms in total. The van der Waals surface area contributed by atoms with Crippen LogP contribution < -0.4 is 4.74 Å². The van der Waals surface area contributed by atoms with E-state index in [1.165, 1.54) is 0 Å². The third-order valence-electron chi connectivity index (χ3n) is 5.18. The second-order valence-electron chi connectivity index (χ2n) is 7.17. The summed E-state index contributed by atoms with van der Waals surface area (Å²) in [4.78, 5) is 19.1. The van der Waals surface area contributed by atoms with E-state index < -0.39 is 0 Å². The van der Waals surface area contributed by atoms with E-state index in [0.29, 0.717) is 24.0 Å². The molecule has 6 heteroatoms. The van der Waals surface area contributed by atoms with Crippen LogP contribution in [-0.2, 0) is 0 Å². The van der Waals surface area contributed by atoms with Gasteiger partial charge in [0, 0.05) is 42.8 Å². The number of piperidine rings is 1. The maximum Gasteiger partial charge on any atom is 0.253 e. The maximum atomic E-state index is 12.9. The molecular formula is C22H24N4O2. The van der Waals surface area contributed by atoms with Gasteiger partial charge in [0.15, 0.2) is 0 Å². The van der Waals surface area contributed by atoms with Crippen molar-refractivity contribution in [1.29, 1.82) is 0 Å². The zero-order valence-electron chi connectivity index (χ0n) is 16.0. The first-order valence-corrected chi connectivity index (χ1v) is 9.64. The van der Waals surface area contributed by atoms with Crippen molar-refractivity contribution in [3.63, 3.8) is 0 Å². The average Bonchev–Trinajstić information content (AvgIpc) is 3.28. The van der Waals surface area contributed by atoms with Crippen molar-refractivity contribution in [1.82, 2.24) is 19.7 Å². The number of carbonyl (C=O) groups is 1. The van der Waals surface area contributed by atoms with E-state index in [4.69, 9.17) is 4.74 Å². The third-order valence-corrected chi connectivity index (χ3v) is 5.18. The highest BCUT2D eigenvalue weighted by molar-refractivity contribution is 5.94. The Morgan fingerprint density at radius 3 is 2.75 bits per heavy atom. The summed E-state index contributed by atoms with van der Waals surface area (Å²) in [5.41, 5.74) is 2.64. The lowest BCUT2D eigenvalue weighted by atomic mass is 9.97. The zero-order valence-corrected chi connectivity index (χ0v) is 16.0. The van der Waals surface area contributed by atoms with Crippen LogP contribution in [0.2, 0.25) is 0 Å². The normalized spacial score (nSPS) is 14.8. The smallest absolute Gasteiger partial charge is 0.253 e. The molecule has 0 spiro atoms. The van der Waals surface area contributed by atoms with Crippen LogP contribution in [0.4, 0.5) is 0 Å². The second kappa shape index (κ2) is 8.25. The molecular weight excluding hydrogens is 352 g/mol. The first-order valence-electron chi connectivity index (χ1n) is 9.64. The summed E-state index contributed by atoms with van der Waals surface area (Å²) >= 11 is 0. The Morgan fingerprint density at radius 2 is 2.00 bits per heavy atom. The molecule has 28 heavy (non-hydrogen) atoms. The van der Waals surface area contributed by atoms with Gasteiger partial charge in [0.25, 0.3) is 5.91 Å². The van der Waals surface area contributed by atoms with Crippen LogP contribution in [0.15, 0.2) is 61.1 Å². The van der Waals surface area contributed by atoms with Gasteiger partial charge in [-0.2, -0.15) is 5.10 Å². The van der Waals surface area contributed by atoms with Gasteiger partial charge >= 0.3 is 0 Å². The topological polar surface area (TPSA) is 60.2 Å². The number of aryl methyl sites for hydroxylation is 1. The first kappa shape index (κ1) is 18.2. The minimum absolute atomic E-state index is 0.0777. The number of ether oxygens (including phenoxy) is 1. The molecule has 1 aromatic carbocycles. The molecule has 0 bridgehead atoms. The fourth-order valence-corrected chi connectivity index (χ4v) is 3.51. The number of hydrogen-bond acceptors (Lipinski definition) is 4. The van der Waals surface area contributed by atoms with Crippen molar-refractivity contribution in [3.05, 3.63) is 72.2 Å². The highest BCUT2D eigenvalue weighted by Gasteiger charge is 2.24.